The van der Waals surface area contributed by atoms with E-state index in [2.05, 4.69) is 15.6 Å². The lowest BCUT2D eigenvalue weighted by Gasteiger charge is -2.22. The second-order valence-corrected chi connectivity index (χ2v) is 6.69. The molecule has 0 spiro atoms. The van der Waals surface area contributed by atoms with Gasteiger partial charge in [0.15, 0.2) is 17.5 Å². The zero-order valence-electron chi connectivity index (χ0n) is 18.7. The number of ether oxygens (including phenoxy) is 2. The molecule has 0 aromatic heterocycles. The number of rotatable bonds is 10. The Bertz CT molecular complexity index is 831. The molecule has 0 bridgehead atoms. The van der Waals surface area contributed by atoms with E-state index in [1.54, 1.807) is 21.3 Å². The van der Waals surface area contributed by atoms with Crippen LogP contribution in [0.4, 0.5) is 0 Å². The van der Waals surface area contributed by atoms with Gasteiger partial charge < -0.3 is 25.0 Å². The molecule has 7 nitrogen and oxygen atoms in total. The third-order valence-corrected chi connectivity index (χ3v) is 4.74. The molecule has 170 valence electrons. The quantitative estimate of drug-likeness (QED) is 0.275. The van der Waals surface area contributed by atoms with Gasteiger partial charge in [-0.3, -0.25) is 9.79 Å². The van der Waals surface area contributed by atoms with E-state index in [4.69, 9.17) is 9.47 Å². The predicted octanol–water partition coefficient (Wildman–Crippen LogP) is 3.08. The van der Waals surface area contributed by atoms with Crippen LogP contribution in [-0.2, 0) is 17.8 Å². The van der Waals surface area contributed by atoms with Gasteiger partial charge in [-0.2, -0.15) is 0 Å². The summed E-state index contributed by atoms with van der Waals surface area (Å²) in [6, 6.07) is 15.9. The van der Waals surface area contributed by atoms with E-state index in [9.17, 15) is 4.79 Å². The molecule has 0 aliphatic carbocycles. The molecule has 0 heterocycles. The highest BCUT2D eigenvalue weighted by Gasteiger charge is 2.12. The number of nitrogens with zero attached hydrogens (tertiary/aromatic N) is 2. The molecule has 2 rings (SSSR count). The van der Waals surface area contributed by atoms with Gasteiger partial charge in [-0.25, -0.2) is 0 Å². The fourth-order valence-corrected chi connectivity index (χ4v) is 3.03. The van der Waals surface area contributed by atoms with Crippen molar-refractivity contribution in [2.45, 2.75) is 19.9 Å². The fourth-order valence-electron chi connectivity index (χ4n) is 3.03. The molecule has 31 heavy (non-hydrogen) atoms. The Balaban J connectivity index is 0.00000480. The van der Waals surface area contributed by atoms with E-state index in [1.165, 1.54) is 0 Å². The van der Waals surface area contributed by atoms with Gasteiger partial charge in [-0.05, 0) is 36.6 Å². The Morgan fingerprint density at radius 3 is 2.32 bits per heavy atom. The lowest BCUT2D eigenvalue weighted by Crippen LogP contribution is -2.44. The first-order chi connectivity index (χ1) is 14.6. The number of guanidine groups is 1. The number of likely N-dealkylation sites (N-methyl/N-ethyl adjacent to an activating group) is 1. The maximum absolute atomic E-state index is 12.6. The Hall–Kier alpha value is -2.49. The van der Waals surface area contributed by atoms with Gasteiger partial charge in [0.2, 0.25) is 5.91 Å². The smallest absolute Gasteiger partial charge is 0.242 e. The molecule has 0 radical (unpaired) electrons. The summed E-state index contributed by atoms with van der Waals surface area (Å²) in [4.78, 5) is 18.6. The van der Waals surface area contributed by atoms with Crippen LogP contribution in [0, 0.1) is 0 Å². The molecule has 0 aliphatic rings. The molecular formula is C23H33IN4O3. The van der Waals surface area contributed by atoms with Crippen LogP contribution in [0.2, 0.25) is 0 Å². The number of carbonyl (C=O) groups excluding carboxylic acids is 1. The van der Waals surface area contributed by atoms with E-state index in [1.807, 2.05) is 60.4 Å². The van der Waals surface area contributed by atoms with Crippen LogP contribution in [-0.4, -0.2) is 57.7 Å². The van der Waals surface area contributed by atoms with Crippen LogP contribution in [0.3, 0.4) is 0 Å². The third-order valence-electron chi connectivity index (χ3n) is 4.74. The van der Waals surface area contributed by atoms with Crippen molar-refractivity contribution < 1.29 is 14.3 Å². The molecule has 0 aliphatic heterocycles. The third kappa shape index (κ3) is 8.64. The summed E-state index contributed by atoms with van der Waals surface area (Å²) in [5.74, 6) is 2.05. The van der Waals surface area contributed by atoms with Crippen LogP contribution in [0.25, 0.3) is 0 Å². The summed E-state index contributed by atoms with van der Waals surface area (Å²) >= 11 is 0. The number of hydrogen-bond donors (Lipinski definition) is 2. The van der Waals surface area contributed by atoms with Crippen LogP contribution in [0.15, 0.2) is 53.5 Å². The minimum absolute atomic E-state index is 0. The Morgan fingerprint density at radius 2 is 1.71 bits per heavy atom. The number of benzene rings is 2. The summed E-state index contributed by atoms with van der Waals surface area (Å²) in [6.07, 6.45) is 0.782. The number of amides is 1. The molecule has 2 N–H and O–H groups in total. The average molecular weight is 540 g/mol. The van der Waals surface area contributed by atoms with Crippen molar-refractivity contribution in [2.75, 3.05) is 40.9 Å². The summed E-state index contributed by atoms with van der Waals surface area (Å²) < 4.78 is 10.6. The number of carbonyl (C=O) groups is 1. The summed E-state index contributed by atoms with van der Waals surface area (Å²) in [7, 11) is 4.94. The first kappa shape index (κ1) is 26.5. The van der Waals surface area contributed by atoms with Gasteiger partial charge in [0.05, 0.1) is 20.8 Å². The molecule has 2 aromatic carbocycles. The Morgan fingerprint density at radius 1 is 1.00 bits per heavy atom. The first-order valence-corrected chi connectivity index (χ1v) is 10.1. The zero-order valence-corrected chi connectivity index (χ0v) is 21.0. The number of hydrogen-bond acceptors (Lipinski definition) is 4. The highest BCUT2D eigenvalue weighted by atomic mass is 127. The van der Waals surface area contributed by atoms with Gasteiger partial charge in [-0.15, -0.1) is 24.0 Å². The fraction of sp³-hybridized carbons (Fsp3) is 0.391. The van der Waals surface area contributed by atoms with Crippen molar-refractivity contribution in [2.24, 2.45) is 4.99 Å². The van der Waals surface area contributed by atoms with Crippen molar-refractivity contribution in [3.63, 3.8) is 0 Å². The highest BCUT2D eigenvalue weighted by Crippen LogP contribution is 2.27. The molecule has 0 unspecified atom stereocenters. The largest absolute Gasteiger partial charge is 0.493 e. The molecule has 0 saturated carbocycles. The lowest BCUT2D eigenvalue weighted by atomic mass is 10.1. The van der Waals surface area contributed by atoms with Crippen LogP contribution in [0.5, 0.6) is 11.5 Å². The number of halogens is 1. The van der Waals surface area contributed by atoms with E-state index >= 15 is 0 Å². The summed E-state index contributed by atoms with van der Waals surface area (Å²) in [5, 5.41) is 6.34. The Labute approximate surface area is 202 Å². The van der Waals surface area contributed by atoms with E-state index in [0.717, 1.165) is 17.5 Å². The zero-order chi connectivity index (χ0) is 21.8. The van der Waals surface area contributed by atoms with E-state index < -0.39 is 0 Å². The molecule has 1 amide bonds. The van der Waals surface area contributed by atoms with Crippen LogP contribution < -0.4 is 20.1 Å². The van der Waals surface area contributed by atoms with Gasteiger partial charge in [-0.1, -0.05) is 36.4 Å². The van der Waals surface area contributed by atoms with Crippen molar-refractivity contribution in [1.29, 1.82) is 0 Å². The van der Waals surface area contributed by atoms with Gasteiger partial charge in [0.25, 0.3) is 0 Å². The Kier molecular flexibility index (Phi) is 12.4. The number of aliphatic imine (C=N–C) groups is 1. The normalized spacial score (nSPS) is 10.6. The maximum Gasteiger partial charge on any atom is 0.242 e. The molecule has 0 saturated heterocycles. The standard InChI is InChI=1S/C23H32N4O3.HI/c1-5-27(17-19-9-7-6-8-10-19)22(28)16-26-23(24-2)25-14-13-18-11-12-20(29-3)21(15-18)30-4;/h6-12,15H,5,13-14,16-17H2,1-4H3,(H2,24,25,26);1H. The van der Waals surface area contributed by atoms with E-state index in [0.29, 0.717) is 37.1 Å². The SMILES string of the molecule is CCN(Cc1ccccc1)C(=O)CNC(=NC)NCCc1ccc(OC)c(OC)c1.I. The minimum Gasteiger partial charge on any atom is -0.493 e. The summed E-state index contributed by atoms with van der Waals surface area (Å²) in [6.45, 7) is 4.10. The van der Waals surface area contributed by atoms with Crippen molar-refractivity contribution >= 4 is 35.8 Å². The second kappa shape index (κ2) is 14.5. The predicted molar refractivity (Wildman–Crippen MR) is 136 cm³/mol. The van der Waals surface area contributed by atoms with E-state index in [-0.39, 0.29) is 36.4 Å². The molecular weight excluding hydrogens is 507 g/mol. The average Bonchev–Trinajstić information content (AvgIpc) is 2.79. The van der Waals surface area contributed by atoms with Gasteiger partial charge in [0.1, 0.15) is 0 Å². The van der Waals surface area contributed by atoms with Crippen LogP contribution in [0.1, 0.15) is 18.1 Å². The van der Waals surface area contributed by atoms with Gasteiger partial charge in [0, 0.05) is 26.7 Å². The number of methoxy groups -OCH3 is 2. The van der Waals surface area contributed by atoms with Crippen molar-refractivity contribution in [3.05, 3.63) is 59.7 Å². The lowest BCUT2D eigenvalue weighted by molar-refractivity contribution is -0.130. The van der Waals surface area contributed by atoms with Crippen LogP contribution >= 0.6 is 24.0 Å². The highest BCUT2D eigenvalue weighted by molar-refractivity contribution is 14.0. The molecule has 8 heteroatoms. The number of nitrogens with one attached hydrogen (secondary N) is 2. The monoisotopic (exact) mass is 540 g/mol. The molecule has 0 fully saturated rings. The summed E-state index contributed by atoms with van der Waals surface area (Å²) in [5.41, 5.74) is 2.23. The maximum atomic E-state index is 12.6. The second-order valence-electron chi connectivity index (χ2n) is 6.69. The molecule has 2 aromatic rings. The topological polar surface area (TPSA) is 75.2 Å². The first-order valence-electron chi connectivity index (χ1n) is 10.1. The molecule has 0 atom stereocenters. The van der Waals surface area contributed by atoms with Crippen molar-refractivity contribution in [1.82, 2.24) is 15.5 Å². The minimum atomic E-state index is 0. The van der Waals surface area contributed by atoms with Gasteiger partial charge >= 0.3 is 0 Å². The van der Waals surface area contributed by atoms with Crippen molar-refractivity contribution in [3.8, 4) is 11.5 Å².